The molecule has 0 amide bonds. The van der Waals surface area contributed by atoms with Crippen LogP contribution in [0, 0.1) is 0 Å². The Hall–Kier alpha value is -1.30. The van der Waals surface area contributed by atoms with Crippen molar-refractivity contribution in [2.75, 3.05) is 39.6 Å². The molecule has 0 spiro atoms. The van der Waals surface area contributed by atoms with Crippen molar-refractivity contribution >= 4 is 0 Å². The summed E-state index contributed by atoms with van der Waals surface area (Å²) in [5.74, 6) is 1.54. The van der Waals surface area contributed by atoms with Crippen molar-refractivity contribution in [3.8, 4) is 11.5 Å². The van der Waals surface area contributed by atoms with E-state index in [9.17, 15) is 0 Å². The first-order valence-corrected chi connectivity index (χ1v) is 7.62. The first-order valence-electron chi connectivity index (χ1n) is 7.62. The van der Waals surface area contributed by atoms with Crippen LogP contribution in [0.4, 0.5) is 0 Å². The van der Waals surface area contributed by atoms with Gasteiger partial charge in [-0.25, -0.2) is 0 Å². The first-order chi connectivity index (χ1) is 10.3. The molecule has 1 aromatic carbocycles. The molecule has 118 valence electrons. The summed E-state index contributed by atoms with van der Waals surface area (Å²) in [4.78, 5) is 0. The second-order valence-corrected chi connectivity index (χ2v) is 5.05. The lowest BCUT2D eigenvalue weighted by molar-refractivity contribution is 0.0416. The zero-order valence-corrected chi connectivity index (χ0v) is 12.7. The number of rotatable bonds is 9. The zero-order valence-electron chi connectivity index (χ0n) is 12.7. The van der Waals surface area contributed by atoms with Crippen molar-refractivity contribution in [2.24, 2.45) is 5.73 Å². The summed E-state index contributed by atoms with van der Waals surface area (Å²) >= 11 is 0. The average Bonchev–Trinajstić information content (AvgIpc) is 2.53. The Kier molecular flexibility index (Phi) is 6.79. The average molecular weight is 295 g/mol. The number of unbranched alkanes of at least 4 members (excludes halogenated alkanes) is 1. The Morgan fingerprint density at radius 3 is 2.67 bits per heavy atom. The smallest absolute Gasteiger partial charge is 0.161 e. The fourth-order valence-electron chi connectivity index (χ4n) is 2.06. The molecule has 0 fully saturated rings. The molecule has 21 heavy (non-hydrogen) atoms. The van der Waals surface area contributed by atoms with Crippen LogP contribution in [0.15, 0.2) is 18.2 Å². The molecule has 1 aliphatic rings. The molecule has 0 saturated carbocycles. The molecule has 1 aliphatic heterocycles. The zero-order chi connectivity index (χ0) is 14.9. The fraction of sp³-hybridized carbons (Fsp3) is 0.625. The second-order valence-electron chi connectivity index (χ2n) is 5.05. The van der Waals surface area contributed by atoms with E-state index in [-0.39, 0.29) is 6.04 Å². The summed E-state index contributed by atoms with van der Waals surface area (Å²) in [6.07, 6.45) is 2.24. The van der Waals surface area contributed by atoms with E-state index in [1.165, 1.54) is 0 Å². The largest absolute Gasteiger partial charge is 0.486 e. The topological polar surface area (TPSA) is 62.9 Å². The third-order valence-electron chi connectivity index (χ3n) is 3.31. The molecular weight excluding hydrogens is 270 g/mol. The van der Waals surface area contributed by atoms with Crippen LogP contribution < -0.4 is 15.2 Å². The van der Waals surface area contributed by atoms with Crippen LogP contribution in [0.25, 0.3) is 0 Å². The second kappa shape index (κ2) is 8.87. The SMILES string of the molecule is CCCCOCCOCC(N)c1ccc2c(c1)OCCO2. The number of ether oxygens (including phenoxy) is 4. The van der Waals surface area contributed by atoms with E-state index in [0.717, 1.165) is 36.5 Å². The van der Waals surface area contributed by atoms with Crippen molar-refractivity contribution < 1.29 is 18.9 Å². The molecule has 0 bridgehead atoms. The van der Waals surface area contributed by atoms with Crippen LogP contribution in [-0.2, 0) is 9.47 Å². The van der Waals surface area contributed by atoms with E-state index in [1.54, 1.807) is 0 Å². The van der Waals surface area contributed by atoms with Crippen LogP contribution in [0.3, 0.4) is 0 Å². The van der Waals surface area contributed by atoms with Gasteiger partial charge in [-0.15, -0.1) is 0 Å². The molecule has 1 atom stereocenters. The van der Waals surface area contributed by atoms with Gasteiger partial charge in [0.25, 0.3) is 0 Å². The van der Waals surface area contributed by atoms with E-state index in [0.29, 0.717) is 33.0 Å². The molecule has 5 heteroatoms. The molecular formula is C16H25NO4. The maximum atomic E-state index is 6.13. The Bertz CT molecular complexity index is 425. The van der Waals surface area contributed by atoms with E-state index in [1.807, 2.05) is 18.2 Å². The van der Waals surface area contributed by atoms with Gasteiger partial charge >= 0.3 is 0 Å². The van der Waals surface area contributed by atoms with Crippen molar-refractivity contribution in [3.63, 3.8) is 0 Å². The minimum atomic E-state index is -0.170. The number of hydrogen-bond acceptors (Lipinski definition) is 5. The van der Waals surface area contributed by atoms with Crippen molar-refractivity contribution in [1.82, 2.24) is 0 Å². The van der Waals surface area contributed by atoms with Gasteiger partial charge in [-0.1, -0.05) is 19.4 Å². The van der Waals surface area contributed by atoms with Gasteiger partial charge in [0.1, 0.15) is 13.2 Å². The Morgan fingerprint density at radius 2 is 1.86 bits per heavy atom. The van der Waals surface area contributed by atoms with Crippen LogP contribution >= 0.6 is 0 Å². The third-order valence-corrected chi connectivity index (χ3v) is 3.31. The molecule has 1 aromatic rings. The Labute approximate surface area is 126 Å². The van der Waals surface area contributed by atoms with Gasteiger partial charge in [0, 0.05) is 6.61 Å². The van der Waals surface area contributed by atoms with Crippen molar-refractivity contribution in [1.29, 1.82) is 0 Å². The summed E-state index contributed by atoms with van der Waals surface area (Å²) in [6.45, 7) is 5.78. The van der Waals surface area contributed by atoms with Crippen LogP contribution in [0.1, 0.15) is 31.4 Å². The van der Waals surface area contributed by atoms with Crippen LogP contribution in [0.5, 0.6) is 11.5 Å². The maximum absolute atomic E-state index is 6.13. The first kappa shape index (κ1) is 16.1. The van der Waals surface area contributed by atoms with Gasteiger partial charge < -0.3 is 24.7 Å². The summed E-state index contributed by atoms with van der Waals surface area (Å²) in [7, 11) is 0. The van der Waals surface area contributed by atoms with Crippen molar-refractivity contribution in [3.05, 3.63) is 23.8 Å². The van der Waals surface area contributed by atoms with Crippen molar-refractivity contribution in [2.45, 2.75) is 25.8 Å². The number of fused-ring (bicyclic) bond motifs is 1. The van der Waals surface area contributed by atoms with E-state index in [4.69, 9.17) is 24.7 Å². The fourth-order valence-corrected chi connectivity index (χ4v) is 2.06. The van der Waals surface area contributed by atoms with Gasteiger partial charge in [-0.3, -0.25) is 0 Å². The number of hydrogen-bond donors (Lipinski definition) is 1. The van der Waals surface area contributed by atoms with Crippen LogP contribution in [0.2, 0.25) is 0 Å². The van der Waals surface area contributed by atoms with Gasteiger partial charge in [0.15, 0.2) is 11.5 Å². The van der Waals surface area contributed by atoms with Gasteiger partial charge in [-0.05, 0) is 24.1 Å². The minimum absolute atomic E-state index is 0.170. The molecule has 1 unspecified atom stereocenters. The molecule has 2 rings (SSSR count). The highest BCUT2D eigenvalue weighted by atomic mass is 16.6. The van der Waals surface area contributed by atoms with E-state index in [2.05, 4.69) is 6.92 Å². The summed E-state index contributed by atoms with van der Waals surface area (Å²) < 4.78 is 22.0. The molecule has 0 aromatic heterocycles. The highest BCUT2D eigenvalue weighted by molar-refractivity contribution is 5.44. The maximum Gasteiger partial charge on any atom is 0.161 e. The summed E-state index contributed by atoms with van der Waals surface area (Å²) in [6, 6.07) is 5.62. The molecule has 0 radical (unpaired) electrons. The molecule has 1 heterocycles. The Morgan fingerprint density at radius 1 is 1.10 bits per heavy atom. The monoisotopic (exact) mass is 295 g/mol. The van der Waals surface area contributed by atoms with Gasteiger partial charge in [-0.2, -0.15) is 0 Å². The summed E-state index contributed by atoms with van der Waals surface area (Å²) in [5, 5.41) is 0. The molecule has 5 nitrogen and oxygen atoms in total. The highest BCUT2D eigenvalue weighted by Gasteiger charge is 2.14. The highest BCUT2D eigenvalue weighted by Crippen LogP contribution is 2.32. The summed E-state index contributed by atoms with van der Waals surface area (Å²) in [5.41, 5.74) is 7.12. The lowest BCUT2D eigenvalue weighted by Crippen LogP contribution is -2.20. The predicted molar refractivity (Wildman–Crippen MR) is 80.9 cm³/mol. The quantitative estimate of drug-likeness (QED) is 0.708. The lowest BCUT2D eigenvalue weighted by Gasteiger charge is -2.20. The normalized spacial score (nSPS) is 15.0. The number of benzene rings is 1. The molecule has 2 N–H and O–H groups in total. The van der Waals surface area contributed by atoms with Crippen LogP contribution in [-0.4, -0.2) is 39.6 Å². The lowest BCUT2D eigenvalue weighted by atomic mass is 10.1. The van der Waals surface area contributed by atoms with Gasteiger partial charge in [0.2, 0.25) is 0 Å². The predicted octanol–water partition coefficient (Wildman–Crippen LogP) is 2.29. The third kappa shape index (κ3) is 5.19. The Balaban J connectivity index is 1.69. The van der Waals surface area contributed by atoms with Gasteiger partial charge in [0.05, 0.1) is 25.9 Å². The minimum Gasteiger partial charge on any atom is -0.486 e. The molecule has 0 saturated heterocycles. The van der Waals surface area contributed by atoms with E-state index >= 15 is 0 Å². The molecule has 0 aliphatic carbocycles. The standard InChI is InChI=1S/C16H25NO4/c1-2-3-6-18-7-8-19-12-14(17)13-4-5-15-16(11-13)21-10-9-20-15/h4-5,11,14H,2-3,6-10,12,17H2,1H3. The number of nitrogens with two attached hydrogens (primary N) is 1. The van der Waals surface area contributed by atoms with E-state index < -0.39 is 0 Å².